The van der Waals surface area contributed by atoms with Crippen molar-refractivity contribution < 1.29 is 4.79 Å². The van der Waals surface area contributed by atoms with Gasteiger partial charge in [-0.3, -0.25) is 9.69 Å². The lowest BCUT2D eigenvalue weighted by molar-refractivity contribution is -0.133. The van der Waals surface area contributed by atoms with Gasteiger partial charge in [0, 0.05) is 39.3 Å². The Bertz CT molecular complexity index is 256. The molecule has 0 spiro atoms. The van der Waals surface area contributed by atoms with Gasteiger partial charge in [0.1, 0.15) is 0 Å². The Kier molecular flexibility index (Phi) is 5.45. The Balaban J connectivity index is 1.68. The van der Waals surface area contributed by atoms with Crippen molar-refractivity contribution in [3.8, 4) is 0 Å². The van der Waals surface area contributed by atoms with Gasteiger partial charge < -0.3 is 9.80 Å². The molecule has 0 saturated carbocycles. The maximum atomic E-state index is 12.1. The van der Waals surface area contributed by atoms with Gasteiger partial charge in [0.25, 0.3) is 0 Å². The highest BCUT2D eigenvalue weighted by Crippen LogP contribution is 2.10. The minimum Gasteiger partial charge on any atom is -0.342 e. The van der Waals surface area contributed by atoms with Crippen molar-refractivity contribution >= 4 is 5.91 Å². The van der Waals surface area contributed by atoms with E-state index in [9.17, 15) is 4.79 Å². The van der Waals surface area contributed by atoms with Crippen LogP contribution in [-0.4, -0.2) is 73.0 Å². The fraction of sp³-hybridized carbons (Fsp3) is 0.929. The van der Waals surface area contributed by atoms with E-state index in [-0.39, 0.29) is 0 Å². The minimum absolute atomic E-state index is 0.346. The quantitative estimate of drug-likeness (QED) is 0.748. The van der Waals surface area contributed by atoms with Gasteiger partial charge in [0.2, 0.25) is 5.91 Å². The highest BCUT2D eigenvalue weighted by atomic mass is 16.2. The molecule has 0 aliphatic carbocycles. The second-order valence-electron chi connectivity index (χ2n) is 5.56. The topological polar surface area (TPSA) is 26.8 Å². The smallest absolute Gasteiger partial charge is 0.236 e. The predicted molar refractivity (Wildman–Crippen MR) is 73.6 cm³/mol. The van der Waals surface area contributed by atoms with E-state index < -0.39 is 0 Å². The monoisotopic (exact) mass is 253 g/mol. The lowest BCUT2D eigenvalue weighted by Crippen LogP contribution is -2.50. The summed E-state index contributed by atoms with van der Waals surface area (Å²) in [5.41, 5.74) is 0. The molecule has 104 valence electrons. The molecule has 2 aliphatic heterocycles. The van der Waals surface area contributed by atoms with Gasteiger partial charge in [-0.15, -0.1) is 0 Å². The number of piperidine rings is 1. The Labute approximate surface area is 111 Å². The van der Waals surface area contributed by atoms with Crippen molar-refractivity contribution in [2.75, 3.05) is 52.4 Å². The number of hydrogen-bond acceptors (Lipinski definition) is 3. The number of carbonyl (C=O) groups is 1. The van der Waals surface area contributed by atoms with E-state index in [0.717, 1.165) is 39.3 Å². The summed E-state index contributed by atoms with van der Waals surface area (Å²) >= 11 is 0. The first-order chi connectivity index (χ1) is 8.79. The molecule has 2 saturated heterocycles. The Morgan fingerprint density at radius 1 is 0.889 bits per heavy atom. The standard InChI is InChI=1S/C14H27N3O/c1-2-6-15-9-11-16(12-10-15)13-14(18)17-7-4-3-5-8-17/h2-13H2,1H3. The summed E-state index contributed by atoms with van der Waals surface area (Å²) < 4.78 is 0. The fourth-order valence-electron chi connectivity index (χ4n) is 2.92. The fourth-order valence-corrected chi connectivity index (χ4v) is 2.92. The van der Waals surface area contributed by atoms with E-state index in [0.29, 0.717) is 12.5 Å². The predicted octanol–water partition coefficient (Wildman–Crippen LogP) is 1.03. The first-order valence-corrected chi connectivity index (χ1v) is 7.52. The SMILES string of the molecule is CCCN1CCN(CC(=O)N2CCCCC2)CC1. The molecule has 18 heavy (non-hydrogen) atoms. The molecule has 4 nitrogen and oxygen atoms in total. The van der Waals surface area contributed by atoms with Crippen LogP contribution in [0.15, 0.2) is 0 Å². The van der Waals surface area contributed by atoms with Gasteiger partial charge in [-0.1, -0.05) is 6.92 Å². The molecule has 0 radical (unpaired) electrons. The average molecular weight is 253 g/mol. The van der Waals surface area contributed by atoms with Gasteiger partial charge in [0.05, 0.1) is 6.54 Å². The van der Waals surface area contributed by atoms with Crippen molar-refractivity contribution in [1.82, 2.24) is 14.7 Å². The second-order valence-corrected chi connectivity index (χ2v) is 5.56. The van der Waals surface area contributed by atoms with E-state index in [4.69, 9.17) is 0 Å². The van der Waals surface area contributed by atoms with E-state index >= 15 is 0 Å². The van der Waals surface area contributed by atoms with Crippen LogP contribution in [0, 0.1) is 0 Å². The van der Waals surface area contributed by atoms with E-state index in [1.54, 1.807) is 0 Å². The van der Waals surface area contributed by atoms with Crippen LogP contribution in [0.1, 0.15) is 32.6 Å². The maximum Gasteiger partial charge on any atom is 0.236 e. The molecule has 2 heterocycles. The minimum atomic E-state index is 0.346. The number of likely N-dealkylation sites (tertiary alicyclic amines) is 1. The largest absolute Gasteiger partial charge is 0.342 e. The molecular weight excluding hydrogens is 226 g/mol. The Hall–Kier alpha value is -0.610. The molecule has 0 aromatic heterocycles. The third-order valence-electron chi connectivity index (χ3n) is 4.07. The van der Waals surface area contributed by atoms with Gasteiger partial charge in [-0.05, 0) is 32.2 Å². The molecular formula is C14H27N3O. The summed E-state index contributed by atoms with van der Waals surface area (Å²) in [6, 6.07) is 0. The van der Waals surface area contributed by atoms with E-state index in [1.165, 1.54) is 32.2 Å². The highest BCUT2D eigenvalue weighted by Gasteiger charge is 2.22. The number of hydrogen-bond donors (Lipinski definition) is 0. The number of amides is 1. The van der Waals surface area contributed by atoms with Crippen molar-refractivity contribution in [3.63, 3.8) is 0 Å². The van der Waals surface area contributed by atoms with Crippen LogP contribution >= 0.6 is 0 Å². The van der Waals surface area contributed by atoms with Gasteiger partial charge >= 0.3 is 0 Å². The van der Waals surface area contributed by atoms with Crippen LogP contribution in [0.3, 0.4) is 0 Å². The summed E-state index contributed by atoms with van der Waals surface area (Å²) in [7, 11) is 0. The number of carbonyl (C=O) groups excluding carboxylic acids is 1. The highest BCUT2D eigenvalue weighted by molar-refractivity contribution is 5.78. The first kappa shape index (κ1) is 13.8. The normalized spacial score (nSPS) is 23.3. The second kappa shape index (κ2) is 7.10. The zero-order valence-corrected chi connectivity index (χ0v) is 11.7. The molecule has 1 amide bonds. The molecule has 0 aromatic carbocycles. The van der Waals surface area contributed by atoms with Crippen LogP contribution < -0.4 is 0 Å². The van der Waals surface area contributed by atoms with Crippen LogP contribution in [0.25, 0.3) is 0 Å². The van der Waals surface area contributed by atoms with Gasteiger partial charge in [-0.2, -0.15) is 0 Å². The third kappa shape index (κ3) is 3.95. The zero-order chi connectivity index (χ0) is 12.8. The number of nitrogens with zero attached hydrogens (tertiary/aromatic N) is 3. The summed E-state index contributed by atoms with van der Waals surface area (Å²) in [4.78, 5) is 19.0. The summed E-state index contributed by atoms with van der Waals surface area (Å²) in [6.07, 6.45) is 4.90. The van der Waals surface area contributed by atoms with Crippen LogP contribution in [0.2, 0.25) is 0 Å². The number of rotatable bonds is 4. The van der Waals surface area contributed by atoms with Crippen molar-refractivity contribution in [2.24, 2.45) is 0 Å². The maximum absolute atomic E-state index is 12.1. The van der Waals surface area contributed by atoms with Gasteiger partial charge in [-0.25, -0.2) is 0 Å². The van der Waals surface area contributed by atoms with Crippen molar-refractivity contribution in [1.29, 1.82) is 0 Å². The first-order valence-electron chi connectivity index (χ1n) is 7.52. The molecule has 2 aliphatic rings. The molecule has 4 heteroatoms. The molecule has 0 unspecified atom stereocenters. The zero-order valence-electron chi connectivity index (χ0n) is 11.7. The molecule has 2 rings (SSSR count). The molecule has 0 bridgehead atoms. The van der Waals surface area contributed by atoms with Crippen molar-refractivity contribution in [2.45, 2.75) is 32.6 Å². The molecule has 0 aromatic rings. The van der Waals surface area contributed by atoms with Gasteiger partial charge in [0.15, 0.2) is 0 Å². The van der Waals surface area contributed by atoms with E-state index in [2.05, 4.69) is 21.6 Å². The lowest BCUT2D eigenvalue weighted by Gasteiger charge is -2.35. The number of piperazine rings is 1. The summed E-state index contributed by atoms with van der Waals surface area (Å²) in [5.74, 6) is 0.346. The molecule has 2 fully saturated rings. The Morgan fingerprint density at radius 3 is 2.11 bits per heavy atom. The molecule has 0 atom stereocenters. The van der Waals surface area contributed by atoms with Crippen LogP contribution in [-0.2, 0) is 4.79 Å². The third-order valence-corrected chi connectivity index (χ3v) is 4.07. The van der Waals surface area contributed by atoms with Crippen LogP contribution in [0.5, 0.6) is 0 Å². The summed E-state index contributed by atoms with van der Waals surface area (Å²) in [5, 5.41) is 0. The average Bonchev–Trinajstić information content (AvgIpc) is 2.42. The molecule has 0 N–H and O–H groups in total. The van der Waals surface area contributed by atoms with Crippen LogP contribution in [0.4, 0.5) is 0 Å². The summed E-state index contributed by atoms with van der Waals surface area (Å²) in [6.45, 7) is 10.4. The Morgan fingerprint density at radius 2 is 1.50 bits per heavy atom. The lowest BCUT2D eigenvalue weighted by atomic mass is 10.1. The van der Waals surface area contributed by atoms with Crippen molar-refractivity contribution in [3.05, 3.63) is 0 Å². The van der Waals surface area contributed by atoms with E-state index in [1.807, 2.05) is 0 Å².